The lowest BCUT2D eigenvalue weighted by Gasteiger charge is -2.07. The molecule has 6 heteroatoms. The Balaban J connectivity index is 2.23. The van der Waals surface area contributed by atoms with Crippen molar-refractivity contribution in [3.8, 4) is 0 Å². The van der Waals surface area contributed by atoms with Crippen LogP contribution in [0.25, 0.3) is 0 Å². The number of aliphatic carboxylic acids is 1. The highest BCUT2D eigenvalue weighted by molar-refractivity contribution is 14.1. The molecule has 0 aromatic heterocycles. The smallest absolute Gasteiger partial charge is 0.303 e. The monoisotopic (exact) mass is 453 g/mol. The van der Waals surface area contributed by atoms with Gasteiger partial charge in [-0.3, -0.25) is 9.59 Å². The maximum atomic E-state index is 12.0. The summed E-state index contributed by atoms with van der Waals surface area (Å²) in [5, 5.41) is 11.4. The summed E-state index contributed by atoms with van der Waals surface area (Å²) < 4.78 is 1.81. The van der Waals surface area contributed by atoms with Gasteiger partial charge in [-0.15, -0.1) is 0 Å². The van der Waals surface area contributed by atoms with Gasteiger partial charge in [0, 0.05) is 21.0 Å². The minimum absolute atomic E-state index is 0.0683. The quantitative estimate of drug-likeness (QED) is 0.464. The predicted molar refractivity (Wildman–Crippen MR) is 89.9 cm³/mol. The zero-order valence-electron chi connectivity index (χ0n) is 11.0. The van der Waals surface area contributed by atoms with Crippen LogP contribution in [0.3, 0.4) is 0 Å². The van der Waals surface area contributed by atoms with E-state index in [0.29, 0.717) is 18.5 Å². The maximum absolute atomic E-state index is 12.0. The lowest BCUT2D eigenvalue weighted by Crippen LogP contribution is -2.25. The molecule has 0 spiro atoms. The minimum Gasteiger partial charge on any atom is -0.481 e. The average Bonchev–Trinajstić information content (AvgIpc) is 2.39. The van der Waals surface area contributed by atoms with E-state index in [1.54, 1.807) is 0 Å². The Morgan fingerprint density at radius 1 is 1.20 bits per heavy atom. The highest BCUT2D eigenvalue weighted by atomic mass is 127. The Kier molecular flexibility index (Phi) is 8.13. The number of hydrogen-bond acceptors (Lipinski definition) is 2. The van der Waals surface area contributed by atoms with E-state index in [2.05, 4.69) is 43.8 Å². The number of carboxylic acid groups (broad SMARTS) is 1. The molecule has 0 aliphatic rings. The van der Waals surface area contributed by atoms with Gasteiger partial charge in [-0.05, 0) is 53.6 Å². The predicted octanol–water partition coefficient (Wildman–Crippen LogP) is 3.82. The summed E-state index contributed by atoms with van der Waals surface area (Å²) in [4.78, 5) is 22.3. The van der Waals surface area contributed by atoms with Gasteiger partial charge in [0.2, 0.25) is 0 Å². The highest BCUT2D eigenvalue weighted by Crippen LogP contribution is 2.18. The van der Waals surface area contributed by atoms with Crippen molar-refractivity contribution in [3.05, 3.63) is 31.8 Å². The molecule has 0 atom stereocenters. The summed E-state index contributed by atoms with van der Waals surface area (Å²) in [6.07, 6.45) is 3.62. The molecule has 0 aliphatic carbocycles. The van der Waals surface area contributed by atoms with Crippen LogP contribution in [0.2, 0.25) is 0 Å². The van der Waals surface area contributed by atoms with Crippen molar-refractivity contribution >= 4 is 50.4 Å². The molecule has 4 nitrogen and oxygen atoms in total. The molecule has 0 fully saturated rings. The SMILES string of the molecule is O=C(O)CCCCCCNC(=O)c1cc(Br)ccc1I. The van der Waals surface area contributed by atoms with Crippen LogP contribution in [0, 0.1) is 3.57 Å². The van der Waals surface area contributed by atoms with Crippen molar-refractivity contribution in [2.45, 2.75) is 32.1 Å². The molecule has 0 bridgehead atoms. The summed E-state index contributed by atoms with van der Waals surface area (Å²) in [6, 6.07) is 5.61. The third-order valence-corrected chi connectivity index (χ3v) is 4.21. The molecule has 2 N–H and O–H groups in total. The first kappa shape index (κ1) is 17.4. The van der Waals surface area contributed by atoms with Gasteiger partial charge >= 0.3 is 5.97 Å². The third-order valence-electron chi connectivity index (χ3n) is 2.78. The van der Waals surface area contributed by atoms with E-state index < -0.39 is 5.97 Å². The van der Waals surface area contributed by atoms with Crippen LogP contribution in [0.4, 0.5) is 0 Å². The number of carboxylic acids is 1. The molecule has 1 rings (SSSR count). The largest absolute Gasteiger partial charge is 0.481 e. The molecule has 0 saturated carbocycles. The molecular weight excluding hydrogens is 437 g/mol. The number of rotatable bonds is 8. The van der Waals surface area contributed by atoms with Gasteiger partial charge in [0.1, 0.15) is 0 Å². The van der Waals surface area contributed by atoms with Gasteiger partial charge in [0.25, 0.3) is 5.91 Å². The van der Waals surface area contributed by atoms with Gasteiger partial charge in [0.05, 0.1) is 5.56 Å². The molecule has 0 aliphatic heterocycles. The third kappa shape index (κ3) is 6.69. The van der Waals surface area contributed by atoms with Crippen LogP contribution in [0.1, 0.15) is 42.5 Å². The first-order chi connectivity index (χ1) is 9.50. The van der Waals surface area contributed by atoms with Crippen LogP contribution < -0.4 is 5.32 Å². The molecule has 0 unspecified atom stereocenters. The van der Waals surface area contributed by atoms with Crippen molar-refractivity contribution in [3.63, 3.8) is 0 Å². The van der Waals surface area contributed by atoms with E-state index in [1.165, 1.54) is 0 Å². The van der Waals surface area contributed by atoms with Crippen LogP contribution >= 0.6 is 38.5 Å². The molecule has 1 amide bonds. The molecule has 0 radical (unpaired) electrons. The van der Waals surface area contributed by atoms with Crippen LogP contribution in [-0.2, 0) is 4.79 Å². The number of amides is 1. The molecule has 1 aromatic rings. The summed E-state index contributed by atoms with van der Waals surface area (Å²) in [7, 11) is 0. The second kappa shape index (κ2) is 9.33. The summed E-state index contributed by atoms with van der Waals surface area (Å²) in [5.41, 5.74) is 0.672. The Labute approximate surface area is 140 Å². The highest BCUT2D eigenvalue weighted by Gasteiger charge is 2.09. The fourth-order valence-electron chi connectivity index (χ4n) is 1.72. The molecule has 20 heavy (non-hydrogen) atoms. The van der Waals surface area contributed by atoms with E-state index in [1.807, 2.05) is 18.2 Å². The van der Waals surface area contributed by atoms with Crippen molar-refractivity contribution in [1.29, 1.82) is 0 Å². The van der Waals surface area contributed by atoms with E-state index >= 15 is 0 Å². The van der Waals surface area contributed by atoms with E-state index in [-0.39, 0.29) is 12.3 Å². The lowest BCUT2D eigenvalue weighted by molar-refractivity contribution is -0.137. The zero-order valence-corrected chi connectivity index (χ0v) is 14.7. The number of carbonyl (C=O) groups excluding carboxylic acids is 1. The number of unbranched alkanes of at least 4 members (excludes halogenated alkanes) is 3. The van der Waals surface area contributed by atoms with Crippen molar-refractivity contribution in [2.75, 3.05) is 6.54 Å². The number of nitrogens with one attached hydrogen (secondary N) is 1. The lowest BCUT2D eigenvalue weighted by atomic mass is 10.1. The molecule has 110 valence electrons. The fraction of sp³-hybridized carbons (Fsp3) is 0.429. The van der Waals surface area contributed by atoms with Crippen LogP contribution in [0.15, 0.2) is 22.7 Å². The number of benzene rings is 1. The first-order valence-corrected chi connectivity index (χ1v) is 8.33. The zero-order chi connectivity index (χ0) is 15.0. The summed E-state index contributed by atoms with van der Waals surface area (Å²) >= 11 is 5.50. The summed E-state index contributed by atoms with van der Waals surface area (Å²) in [5.74, 6) is -0.816. The van der Waals surface area contributed by atoms with Gasteiger partial charge in [-0.25, -0.2) is 0 Å². The van der Waals surface area contributed by atoms with Gasteiger partial charge < -0.3 is 10.4 Å². The molecular formula is C14H17BrINO3. The van der Waals surface area contributed by atoms with Crippen LogP contribution in [-0.4, -0.2) is 23.5 Å². The Bertz CT molecular complexity index is 479. The Morgan fingerprint density at radius 3 is 2.60 bits per heavy atom. The number of carbonyl (C=O) groups is 2. The second-order valence-corrected chi connectivity index (χ2v) is 6.52. The van der Waals surface area contributed by atoms with E-state index in [0.717, 1.165) is 27.3 Å². The van der Waals surface area contributed by atoms with Crippen molar-refractivity contribution < 1.29 is 14.7 Å². The standard InChI is InChI=1S/C14H17BrINO3/c15-10-6-7-12(16)11(9-10)14(20)17-8-4-2-1-3-5-13(18)19/h6-7,9H,1-5,8H2,(H,17,20)(H,18,19). The van der Waals surface area contributed by atoms with E-state index in [4.69, 9.17) is 5.11 Å². The fourth-order valence-corrected chi connectivity index (χ4v) is 2.66. The number of halogens is 2. The minimum atomic E-state index is -0.748. The van der Waals surface area contributed by atoms with Crippen molar-refractivity contribution in [2.24, 2.45) is 0 Å². The topological polar surface area (TPSA) is 66.4 Å². The van der Waals surface area contributed by atoms with Gasteiger partial charge in [0.15, 0.2) is 0 Å². The number of hydrogen-bond donors (Lipinski definition) is 2. The molecule has 0 heterocycles. The van der Waals surface area contributed by atoms with E-state index in [9.17, 15) is 9.59 Å². The van der Waals surface area contributed by atoms with Gasteiger partial charge in [-0.2, -0.15) is 0 Å². The normalized spacial score (nSPS) is 10.3. The second-order valence-electron chi connectivity index (χ2n) is 4.44. The Hall–Kier alpha value is -0.630. The molecule has 1 aromatic carbocycles. The van der Waals surface area contributed by atoms with Crippen molar-refractivity contribution in [1.82, 2.24) is 5.32 Å². The maximum Gasteiger partial charge on any atom is 0.303 e. The average molecular weight is 454 g/mol. The Morgan fingerprint density at radius 2 is 1.90 bits per heavy atom. The first-order valence-electron chi connectivity index (χ1n) is 6.45. The molecule has 0 saturated heterocycles. The van der Waals surface area contributed by atoms with Crippen LogP contribution in [0.5, 0.6) is 0 Å². The summed E-state index contributed by atoms with van der Waals surface area (Å²) in [6.45, 7) is 0.620. The van der Waals surface area contributed by atoms with Gasteiger partial charge in [-0.1, -0.05) is 28.8 Å².